The Balaban J connectivity index is 0. The molecule has 0 atom stereocenters. The van der Waals surface area contributed by atoms with Gasteiger partial charge >= 0.3 is 85.1 Å². The van der Waals surface area contributed by atoms with Crippen molar-refractivity contribution in [1.29, 1.82) is 0 Å². The number of hydrogen-bond acceptors (Lipinski definition) is 0. The van der Waals surface area contributed by atoms with Gasteiger partial charge < -0.3 is 12.4 Å². The third kappa shape index (κ3) is 14.9. The number of hydrogen-bond donors (Lipinski definition) is 0. The summed E-state index contributed by atoms with van der Waals surface area (Å²) in [5.74, 6) is 0. The molecule has 0 saturated carbocycles. The van der Waals surface area contributed by atoms with E-state index in [2.05, 4.69) is 21.1 Å². The largest absolute Gasteiger partial charge is 1.00 e. The fourth-order valence-electron chi connectivity index (χ4n) is 1.58. The number of halogens is 1. The van der Waals surface area contributed by atoms with Crippen molar-refractivity contribution in [2.45, 2.75) is 77.9 Å². The van der Waals surface area contributed by atoms with E-state index in [9.17, 15) is 0 Å². The second-order valence-electron chi connectivity index (χ2n) is 3.99. The van der Waals surface area contributed by atoms with Gasteiger partial charge in [-0.15, -0.1) is 0 Å². The van der Waals surface area contributed by atoms with Crippen molar-refractivity contribution in [3.8, 4) is 0 Å². The third-order valence-corrected chi connectivity index (χ3v) is 2.52. The Morgan fingerprint density at radius 1 is 0.643 bits per heavy atom. The van der Waals surface area contributed by atoms with Crippen molar-refractivity contribution in [3.63, 3.8) is 0 Å². The summed E-state index contributed by atoms with van der Waals surface area (Å²) in [6, 6.07) is 0. The van der Waals surface area contributed by atoms with E-state index in [0.29, 0.717) is 0 Å². The van der Waals surface area contributed by atoms with Crippen molar-refractivity contribution < 1.29 is 12.4 Å². The molecular formula is C12H26BCl. The summed E-state index contributed by atoms with van der Waals surface area (Å²) in [7, 11) is 2.49. The Kier molecular flexibility index (Phi) is 18.9. The molecule has 0 bridgehead atoms. The SMILES string of the molecule is CCCCCC[B+]CCCCCC.[Cl-]. The topological polar surface area (TPSA) is 0 Å². The molecule has 0 aromatic carbocycles. The zero-order valence-corrected chi connectivity index (χ0v) is 10.8. The molecular weight excluding hydrogens is 190 g/mol. The molecule has 0 aromatic rings. The second-order valence-corrected chi connectivity index (χ2v) is 3.99. The molecule has 84 valence electrons. The number of unbranched alkanes of at least 4 members (excludes halogenated alkanes) is 6. The van der Waals surface area contributed by atoms with Gasteiger partial charge in [0.15, 0.2) is 0 Å². The van der Waals surface area contributed by atoms with Crippen LogP contribution in [0.15, 0.2) is 0 Å². The molecule has 2 heteroatoms. The van der Waals surface area contributed by atoms with Crippen LogP contribution in [-0.4, -0.2) is 7.28 Å². The van der Waals surface area contributed by atoms with Crippen molar-refractivity contribution in [1.82, 2.24) is 0 Å². The summed E-state index contributed by atoms with van der Waals surface area (Å²) in [4.78, 5) is 0. The molecule has 0 radical (unpaired) electrons. The zero-order valence-electron chi connectivity index (χ0n) is 10.0. The molecule has 0 rings (SSSR count). The van der Waals surface area contributed by atoms with E-state index in [1.807, 2.05) is 0 Å². The zero-order chi connectivity index (χ0) is 9.78. The molecule has 0 unspecified atom stereocenters. The molecule has 0 spiro atoms. The van der Waals surface area contributed by atoms with Gasteiger partial charge in [0, 0.05) is 0 Å². The van der Waals surface area contributed by atoms with Crippen LogP contribution in [0, 0.1) is 0 Å². The minimum absolute atomic E-state index is 0. The van der Waals surface area contributed by atoms with Crippen LogP contribution in [0.25, 0.3) is 0 Å². The smallest absolute Gasteiger partial charge is 1.00 e. The van der Waals surface area contributed by atoms with E-state index in [1.54, 1.807) is 0 Å². The Bertz CT molecular complexity index is 76.4. The molecule has 0 aliphatic carbocycles. The van der Waals surface area contributed by atoms with Crippen LogP contribution in [0.2, 0.25) is 12.6 Å². The molecule has 0 amide bonds. The van der Waals surface area contributed by atoms with E-state index >= 15 is 0 Å². The van der Waals surface area contributed by atoms with Crippen molar-refractivity contribution in [2.24, 2.45) is 0 Å². The van der Waals surface area contributed by atoms with Gasteiger partial charge in [0.1, 0.15) is 0 Å². The molecule has 0 N–H and O–H groups in total. The summed E-state index contributed by atoms with van der Waals surface area (Å²) in [5, 5.41) is 0. The summed E-state index contributed by atoms with van der Waals surface area (Å²) >= 11 is 0. The number of rotatable bonds is 10. The van der Waals surface area contributed by atoms with Gasteiger partial charge in [-0.3, -0.25) is 0 Å². The van der Waals surface area contributed by atoms with Crippen molar-refractivity contribution >= 4 is 7.28 Å². The van der Waals surface area contributed by atoms with E-state index in [4.69, 9.17) is 0 Å². The van der Waals surface area contributed by atoms with Gasteiger partial charge in [-0.1, -0.05) is 0 Å². The molecule has 0 saturated heterocycles. The van der Waals surface area contributed by atoms with E-state index < -0.39 is 0 Å². The van der Waals surface area contributed by atoms with Crippen LogP contribution < -0.4 is 12.4 Å². The molecule has 0 aliphatic rings. The van der Waals surface area contributed by atoms with Gasteiger partial charge in [-0.2, -0.15) is 0 Å². The van der Waals surface area contributed by atoms with Gasteiger partial charge in [0.05, 0.1) is 0 Å². The van der Waals surface area contributed by atoms with Crippen LogP contribution in [0.1, 0.15) is 65.2 Å². The van der Waals surface area contributed by atoms with Crippen LogP contribution in [0.4, 0.5) is 0 Å². The standard InChI is InChI=1S/C12H26B.ClH/c1-3-5-7-9-11-13-12-10-8-6-4-2;/h3-12H2,1-2H3;1H/q+1;/p-1. The first-order valence-corrected chi connectivity index (χ1v) is 6.23. The summed E-state index contributed by atoms with van der Waals surface area (Å²) in [6.07, 6.45) is 14.0. The quantitative estimate of drug-likeness (QED) is 0.385. The molecule has 14 heavy (non-hydrogen) atoms. The fraction of sp³-hybridized carbons (Fsp3) is 1.00. The van der Waals surface area contributed by atoms with Crippen LogP contribution >= 0.6 is 0 Å². The van der Waals surface area contributed by atoms with Gasteiger partial charge in [0.25, 0.3) is 0 Å². The molecule has 0 nitrogen and oxygen atoms in total. The van der Waals surface area contributed by atoms with E-state index in [-0.39, 0.29) is 12.4 Å². The summed E-state index contributed by atoms with van der Waals surface area (Å²) in [6.45, 7) is 4.54. The monoisotopic (exact) mass is 216 g/mol. The predicted octanol–water partition coefficient (Wildman–Crippen LogP) is 1.69. The van der Waals surface area contributed by atoms with Gasteiger partial charge in [0.2, 0.25) is 0 Å². The maximum absolute atomic E-state index is 2.49. The van der Waals surface area contributed by atoms with Gasteiger partial charge in [-0.05, 0) is 0 Å². The predicted molar refractivity (Wildman–Crippen MR) is 63.7 cm³/mol. The average molecular weight is 217 g/mol. The Labute approximate surface area is 97.9 Å². The van der Waals surface area contributed by atoms with Gasteiger partial charge in [-0.25, -0.2) is 0 Å². The van der Waals surface area contributed by atoms with Crippen LogP contribution in [0.5, 0.6) is 0 Å². The minimum atomic E-state index is 0. The Morgan fingerprint density at radius 2 is 1.07 bits per heavy atom. The third-order valence-electron chi connectivity index (χ3n) is 2.52. The van der Waals surface area contributed by atoms with E-state index in [1.165, 1.54) is 64.0 Å². The first kappa shape index (κ1) is 16.8. The first-order valence-electron chi connectivity index (χ1n) is 6.23. The minimum Gasteiger partial charge on any atom is -1.00 e. The molecule has 0 fully saturated rings. The van der Waals surface area contributed by atoms with Crippen LogP contribution in [0.3, 0.4) is 0 Å². The molecule has 0 aliphatic heterocycles. The van der Waals surface area contributed by atoms with Crippen molar-refractivity contribution in [2.75, 3.05) is 0 Å². The fourth-order valence-corrected chi connectivity index (χ4v) is 1.58. The Hall–Kier alpha value is 0.355. The molecule has 0 aromatic heterocycles. The summed E-state index contributed by atoms with van der Waals surface area (Å²) in [5.41, 5.74) is 0. The molecule has 0 heterocycles. The second kappa shape index (κ2) is 15.8. The summed E-state index contributed by atoms with van der Waals surface area (Å²) < 4.78 is 0. The first-order chi connectivity index (χ1) is 6.41. The van der Waals surface area contributed by atoms with Crippen LogP contribution in [-0.2, 0) is 0 Å². The Morgan fingerprint density at radius 3 is 1.43 bits per heavy atom. The maximum Gasteiger partial charge on any atom is -1.00 e. The maximum atomic E-state index is 2.49. The van der Waals surface area contributed by atoms with E-state index in [0.717, 1.165) is 0 Å². The van der Waals surface area contributed by atoms with Crippen molar-refractivity contribution in [3.05, 3.63) is 0 Å². The normalized spacial score (nSPS) is 9.29. The average Bonchev–Trinajstić information content (AvgIpc) is 2.16.